The first-order chi connectivity index (χ1) is 6.06. The Kier molecular flexibility index (Phi) is 8.92. The predicted molar refractivity (Wildman–Crippen MR) is 59.3 cm³/mol. The summed E-state index contributed by atoms with van der Waals surface area (Å²) in [5, 5.41) is 5.77. The zero-order valence-electron chi connectivity index (χ0n) is 9.65. The first kappa shape index (κ1) is 15.1. The van der Waals surface area contributed by atoms with Crippen molar-refractivity contribution in [3.8, 4) is 0 Å². The Morgan fingerprint density at radius 2 is 1.79 bits per heavy atom. The van der Waals surface area contributed by atoms with Crippen molar-refractivity contribution in [1.82, 2.24) is 10.6 Å². The SMILES string of the molecule is C[Si](C)(C)CCCNCCN[C-]=O.[Rf]. The van der Waals surface area contributed by atoms with Crippen molar-refractivity contribution < 1.29 is 4.79 Å². The molecule has 2 N–H and O–H groups in total. The average molecular weight is 468 g/mol. The van der Waals surface area contributed by atoms with Crippen molar-refractivity contribution in [1.29, 1.82) is 0 Å². The molecule has 0 aliphatic rings. The fraction of sp³-hybridized carbons (Fsp3) is 0.889. The van der Waals surface area contributed by atoms with Crippen LogP contribution >= 0.6 is 0 Å². The van der Waals surface area contributed by atoms with Crippen LogP contribution in [0.5, 0.6) is 0 Å². The van der Waals surface area contributed by atoms with E-state index in [9.17, 15) is 4.79 Å². The smallest absolute Gasteiger partial charge is 0.0443 e. The summed E-state index contributed by atoms with van der Waals surface area (Å²) in [4.78, 5) is 9.77. The van der Waals surface area contributed by atoms with Crippen LogP contribution in [-0.2, 0) is 4.79 Å². The molecule has 0 aromatic heterocycles. The van der Waals surface area contributed by atoms with Gasteiger partial charge in [0, 0.05) is 14.6 Å². The van der Waals surface area contributed by atoms with Crippen LogP contribution in [0.25, 0.3) is 0 Å². The number of carbonyl (C=O) groups excluding carboxylic acids is 1. The van der Waals surface area contributed by atoms with E-state index in [0.29, 0.717) is 6.54 Å². The zero-order chi connectivity index (χ0) is 10.2. The molecule has 0 bridgehead atoms. The van der Waals surface area contributed by atoms with Crippen LogP contribution in [0.1, 0.15) is 6.42 Å². The van der Waals surface area contributed by atoms with Gasteiger partial charge in [-0.3, -0.25) is 0 Å². The normalized spacial score (nSPS) is 10.5. The molecule has 0 saturated heterocycles. The van der Waals surface area contributed by atoms with E-state index >= 15 is 0 Å². The molecule has 0 atom stereocenters. The average Bonchev–Trinajstić information content (AvgIpc) is 2.01. The summed E-state index contributed by atoms with van der Waals surface area (Å²) in [5.41, 5.74) is 0. The van der Waals surface area contributed by atoms with E-state index < -0.39 is 8.07 Å². The molecule has 0 rings (SSSR count). The standard InChI is InChI=1S/C9H21N2OSi.Rf/c1-13(2,3)8-4-5-10-6-7-11-9-12;/h10H,4-8H2,1-3H3,(H,11,12);/q-1;. The summed E-state index contributed by atoms with van der Waals surface area (Å²) in [7, 11) is -0.851. The molecule has 5 heteroatoms. The van der Waals surface area contributed by atoms with Gasteiger partial charge in [-0.2, -0.15) is 6.41 Å². The minimum Gasteiger partial charge on any atom is -0.529 e. The van der Waals surface area contributed by atoms with E-state index in [-0.39, 0.29) is 0 Å². The molecule has 3 nitrogen and oxygen atoms in total. The Hall–Kier alpha value is -1.35. The fourth-order valence-electron chi connectivity index (χ4n) is 1.07. The molecule has 1 amide bonds. The van der Waals surface area contributed by atoms with Crippen LogP contribution in [-0.4, -0.2) is 34.1 Å². The van der Waals surface area contributed by atoms with Crippen LogP contribution in [0, 0.1) is 0 Å². The second-order valence-corrected chi connectivity index (χ2v) is 10.1. The van der Waals surface area contributed by atoms with Crippen molar-refractivity contribution in [2.24, 2.45) is 0 Å². The van der Waals surface area contributed by atoms with Gasteiger partial charge in [-0.25, -0.2) is 0 Å². The van der Waals surface area contributed by atoms with Gasteiger partial charge in [0.05, 0.1) is 0 Å². The molecule has 0 aromatic carbocycles. The molecule has 0 aliphatic carbocycles. The van der Waals surface area contributed by atoms with Gasteiger partial charge < -0.3 is 15.4 Å². The maximum atomic E-state index is 9.77. The Labute approximate surface area is 82.3 Å². The molecule has 14 heavy (non-hydrogen) atoms. The third-order valence-corrected chi connectivity index (χ3v) is 3.63. The third-order valence-electron chi connectivity index (χ3n) is 1.78. The third kappa shape index (κ3) is 13.3. The topological polar surface area (TPSA) is 41.1 Å². The second-order valence-electron chi connectivity index (χ2n) is 4.44. The molecule has 0 unspecified atom stereocenters. The summed E-state index contributed by atoms with van der Waals surface area (Å²) in [6.07, 6.45) is 2.90. The number of amides is 1. The monoisotopic (exact) mass is 468 g/mol. The molecule has 80 valence electrons. The summed E-state index contributed by atoms with van der Waals surface area (Å²) in [6, 6.07) is 1.37. The van der Waals surface area contributed by atoms with Crippen LogP contribution in [0.2, 0.25) is 25.7 Å². The molecule has 0 spiro atoms. The number of rotatable bonds is 8. The number of hydrogen-bond donors (Lipinski definition) is 2. The molecular weight excluding hydrogens is 447 g/mol. The quantitative estimate of drug-likeness (QED) is 0.241. The van der Waals surface area contributed by atoms with Gasteiger partial charge in [-0.1, -0.05) is 25.7 Å². The predicted octanol–water partition coefficient (Wildman–Crippen LogP) is 0.961. The van der Waals surface area contributed by atoms with Gasteiger partial charge in [0.25, 0.3) is 0 Å². The molecule has 0 fully saturated rings. The number of hydrogen-bond acceptors (Lipinski definition) is 2. The molecule has 0 radical (unpaired) electrons. The van der Waals surface area contributed by atoms with Crippen molar-refractivity contribution in [2.75, 3.05) is 19.6 Å². The van der Waals surface area contributed by atoms with Crippen molar-refractivity contribution in [3.05, 3.63) is 0 Å². The van der Waals surface area contributed by atoms with E-state index in [1.165, 1.54) is 12.5 Å². The van der Waals surface area contributed by atoms with Gasteiger partial charge in [-0.05, 0) is 19.5 Å². The minimum atomic E-state index is -0.851. The zero-order valence-corrected chi connectivity index (χ0v) is 17.1. The minimum absolute atomic E-state index is 0. The molecule has 0 aliphatic heterocycles. The molecule has 0 saturated carbocycles. The van der Waals surface area contributed by atoms with Gasteiger partial charge in [-0.15, -0.1) is 0 Å². The summed E-state index contributed by atoms with van der Waals surface area (Å²) < 4.78 is 0. The summed E-state index contributed by atoms with van der Waals surface area (Å²) in [6.45, 7) is 9.74. The van der Waals surface area contributed by atoms with Crippen molar-refractivity contribution in [3.63, 3.8) is 0 Å². The Bertz CT molecular complexity index is 139. The Morgan fingerprint density at radius 3 is 2.29 bits per heavy atom. The molecule has 0 aromatic rings. The molecule has 0 heterocycles. The van der Waals surface area contributed by atoms with Crippen LogP contribution in [0.15, 0.2) is 0 Å². The van der Waals surface area contributed by atoms with Gasteiger partial charge in [0.1, 0.15) is 0 Å². The summed E-state index contributed by atoms with van der Waals surface area (Å²) >= 11 is 0. The van der Waals surface area contributed by atoms with Crippen LogP contribution in [0.3, 0.4) is 0 Å². The van der Waals surface area contributed by atoms with Crippen molar-refractivity contribution >= 4 is 14.5 Å². The van der Waals surface area contributed by atoms with Gasteiger partial charge in [0.2, 0.25) is 0 Å². The van der Waals surface area contributed by atoms with Gasteiger partial charge in [0.15, 0.2) is 0 Å². The van der Waals surface area contributed by atoms with E-state index in [1.54, 1.807) is 6.41 Å². The second kappa shape index (κ2) is 8.25. The summed E-state index contributed by atoms with van der Waals surface area (Å²) in [5.74, 6) is 0. The largest absolute Gasteiger partial charge is 0.529 e. The molecular formula is C9H21N2ORfSi-. The van der Waals surface area contributed by atoms with Crippen LogP contribution in [0.4, 0.5) is 0 Å². The number of nitrogens with one attached hydrogen (secondary N) is 2. The van der Waals surface area contributed by atoms with Crippen molar-refractivity contribution in [2.45, 2.75) is 32.1 Å². The van der Waals surface area contributed by atoms with E-state index in [1.807, 2.05) is 0 Å². The first-order valence-electron chi connectivity index (χ1n) is 4.87. The van der Waals surface area contributed by atoms with E-state index in [2.05, 4.69) is 30.3 Å². The maximum Gasteiger partial charge on any atom is 0.0443 e. The van der Waals surface area contributed by atoms with Crippen LogP contribution < -0.4 is 10.6 Å². The van der Waals surface area contributed by atoms with E-state index in [0.717, 1.165) is 13.1 Å². The Morgan fingerprint density at radius 1 is 1.14 bits per heavy atom. The first-order valence-corrected chi connectivity index (χ1v) is 8.58. The van der Waals surface area contributed by atoms with Gasteiger partial charge >= 0.3 is 0 Å². The van der Waals surface area contributed by atoms with E-state index in [4.69, 9.17) is 0 Å². The maximum absolute atomic E-state index is 9.77. The fourth-order valence-corrected chi connectivity index (χ4v) is 2.31. The Balaban J connectivity index is 0.